The van der Waals surface area contributed by atoms with Gasteiger partial charge < -0.3 is 10.8 Å². The van der Waals surface area contributed by atoms with Gasteiger partial charge in [-0.25, -0.2) is 14.4 Å². The van der Waals surface area contributed by atoms with Crippen LogP contribution in [0.1, 0.15) is 5.69 Å². The standard InChI is InChI=1S/C11H8Cl2FN3O/c1-4-9(13)10(17-11(15)16-4)5-2-6(12)8(18)3-7(5)14/h2-3,18H,1H3,(H2,15,16,17). The van der Waals surface area contributed by atoms with Crippen LogP contribution in [0.15, 0.2) is 12.1 Å². The number of phenols is 1. The van der Waals surface area contributed by atoms with Crippen LogP contribution in [0.25, 0.3) is 11.3 Å². The summed E-state index contributed by atoms with van der Waals surface area (Å²) in [5, 5.41) is 9.47. The fraction of sp³-hybridized carbons (Fsp3) is 0.0909. The highest BCUT2D eigenvalue weighted by atomic mass is 35.5. The van der Waals surface area contributed by atoms with Crippen molar-refractivity contribution < 1.29 is 9.50 Å². The summed E-state index contributed by atoms with van der Waals surface area (Å²) in [4.78, 5) is 7.75. The van der Waals surface area contributed by atoms with E-state index in [1.165, 1.54) is 6.07 Å². The molecule has 0 aliphatic carbocycles. The number of nitrogens with zero attached hydrogens (tertiary/aromatic N) is 2. The number of aromatic hydroxyl groups is 1. The van der Waals surface area contributed by atoms with Crippen LogP contribution in [0, 0.1) is 12.7 Å². The van der Waals surface area contributed by atoms with Crippen molar-refractivity contribution in [2.24, 2.45) is 0 Å². The molecule has 0 saturated carbocycles. The summed E-state index contributed by atoms with van der Waals surface area (Å²) in [5.74, 6) is -1.07. The van der Waals surface area contributed by atoms with Gasteiger partial charge in [0, 0.05) is 11.6 Å². The number of anilines is 1. The highest BCUT2D eigenvalue weighted by Crippen LogP contribution is 2.35. The third kappa shape index (κ3) is 2.19. The summed E-state index contributed by atoms with van der Waals surface area (Å²) in [6.07, 6.45) is 0. The van der Waals surface area contributed by atoms with Crippen LogP contribution in [-0.2, 0) is 0 Å². The normalized spacial score (nSPS) is 10.7. The monoisotopic (exact) mass is 287 g/mol. The molecule has 0 atom stereocenters. The molecule has 3 N–H and O–H groups in total. The fourth-order valence-electron chi connectivity index (χ4n) is 1.48. The maximum absolute atomic E-state index is 13.8. The zero-order valence-electron chi connectivity index (χ0n) is 9.21. The van der Waals surface area contributed by atoms with Gasteiger partial charge in [-0.1, -0.05) is 23.2 Å². The van der Waals surface area contributed by atoms with Crippen molar-refractivity contribution in [1.82, 2.24) is 9.97 Å². The highest BCUT2D eigenvalue weighted by molar-refractivity contribution is 6.34. The number of rotatable bonds is 1. The van der Waals surface area contributed by atoms with Gasteiger partial charge in [-0.05, 0) is 13.0 Å². The summed E-state index contributed by atoms with van der Waals surface area (Å²) in [5.41, 5.74) is 6.13. The number of aryl methyl sites for hydroxylation is 1. The second-order valence-electron chi connectivity index (χ2n) is 3.61. The van der Waals surface area contributed by atoms with Crippen molar-refractivity contribution in [3.8, 4) is 17.0 Å². The molecule has 7 heteroatoms. The minimum absolute atomic E-state index is 0.00250. The molecule has 0 aliphatic rings. The van der Waals surface area contributed by atoms with E-state index in [2.05, 4.69) is 9.97 Å². The van der Waals surface area contributed by atoms with Crippen molar-refractivity contribution in [1.29, 1.82) is 0 Å². The van der Waals surface area contributed by atoms with Crippen LogP contribution in [0.4, 0.5) is 10.3 Å². The summed E-state index contributed by atoms with van der Waals surface area (Å²) in [6.45, 7) is 1.63. The molecular weight excluding hydrogens is 280 g/mol. The van der Waals surface area contributed by atoms with E-state index in [-0.39, 0.29) is 33.0 Å². The highest BCUT2D eigenvalue weighted by Gasteiger charge is 2.16. The van der Waals surface area contributed by atoms with Gasteiger partial charge in [0.25, 0.3) is 0 Å². The molecular formula is C11H8Cl2FN3O. The minimum atomic E-state index is -0.698. The molecule has 0 fully saturated rings. The number of nitrogens with two attached hydrogens (primary N) is 1. The quantitative estimate of drug-likeness (QED) is 0.845. The topological polar surface area (TPSA) is 72.0 Å². The van der Waals surface area contributed by atoms with E-state index in [4.69, 9.17) is 28.9 Å². The molecule has 1 heterocycles. The summed E-state index contributed by atoms with van der Waals surface area (Å²) < 4.78 is 13.8. The number of hydrogen-bond acceptors (Lipinski definition) is 4. The van der Waals surface area contributed by atoms with Crippen molar-refractivity contribution in [3.05, 3.63) is 33.7 Å². The Hall–Kier alpha value is -1.59. The largest absolute Gasteiger partial charge is 0.506 e. The molecule has 0 unspecified atom stereocenters. The molecule has 18 heavy (non-hydrogen) atoms. The second kappa shape index (κ2) is 4.59. The van der Waals surface area contributed by atoms with Crippen LogP contribution in [0.5, 0.6) is 5.75 Å². The zero-order chi connectivity index (χ0) is 13.4. The van der Waals surface area contributed by atoms with Crippen molar-refractivity contribution in [2.45, 2.75) is 6.92 Å². The van der Waals surface area contributed by atoms with Crippen molar-refractivity contribution in [3.63, 3.8) is 0 Å². The third-order valence-electron chi connectivity index (χ3n) is 2.33. The van der Waals surface area contributed by atoms with E-state index in [1.807, 2.05) is 0 Å². The van der Waals surface area contributed by atoms with Gasteiger partial charge in [0.2, 0.25) is 5.95 Å². The molecule has 0 amide bonds. The maximum Gasteiger partial charge on any atom is 0.220 e. The van der Waals surface area contributed by atoms with Gasteiger partial charge in [0.1, 0.15) is 11.6 Å². The van der Waals surface area contributed by atoms with Gasteiger partial charge in [0.15, 0.2) is 0 Å². The Kier molecular flexibility index (Phi) is 3.28. The molecule has 0 aliphatic heterocycles. The number of hydrogen-bond donors (Lipinski definition) is 2. The first-order valence-electron chi connectivity index (χ1n) is 4.88. The molecule has 1 aromatic heterocycles. The van der Waals surface area contributed by atoms with E-state index in [0.29, 0.717) is 5.69 Å². The van der Waals surface area contributed by atoms with E-state index in [0.717, 1.165) is 6.07 Å². The number of aromatic nitrogens is 2. The average molecular weight is 288 g/mol. The summed E-state index contributed by atoms with van der Waals surface area (Å²) >= 11 is 11.7. The minimum Gasteiger partial charge on any atom is -0.506 e. The Morgan fingerprint density at radius 3 is 2.61 bits per heavy atom. The second-order valence-corrected chi connectivity index (χ2v) is 4.40. The lowest BCUT2D eigenvalue weighted by atomic mass is 10.1. The molecule has 2 rings (SSSR count). The van der Waals surface area contributed by atoms with Crippen LogP contribution in [0.3, 0.4) is 0 Å². The zero-order valence-corrected chi connectivity index (χ0v) is 10.7. The first-order chi connectivity index (χ1) is 8.40. The van der Waals surface area contributed by atoms with Gasteiger partial charge >= 0.3 is 0 Å². The number of phenolic OH excluding ortho intramolecular Hbond substituents is 1. The van der Waals surface area contributed by atoms with Crippen molar-refractivity contribution >= 4 is 29.2 Å². The van der Waals surface area contributed by atoms with Gasteiger partial charge in [-0.15, -0.1) is 0 Å². The summed E-state index contributed by atoms with van der Waals surface area (Å²) in [7, 11) is 0. The summed E-state index contributed by atoms with van der Waals surface area (Å²) in [6, 6.07) is 2.13. The molecule has 4 nitrogen and oxygen atoms in total. The lowest BCUT2D eigenvalue weighted by Crippen LogP contribution is -2.01. The Balaban J connectivity index is 2.73. The molecule has 94 valence electrons. The molecule has 0 bridgehead atoms. The number of benzene rings is 1. The smallest absolute Gasteiger partial charge is 0.220 e. The van der Waals surface area contributed by atoms with E-state index >= 15 is 0 Å². The molecule has 0 spiro atoms. The first-order valence-corrected chi connectivity index (χ1v) is 5.63. The van der Waals surface area contributed by atoms with Crippen LogP contribution < -0.4 is 5.73 Å². The number of halogens is 3. The number of nitrogen functional groups attached to an aromatic ring is 1. The Labute approximate surface area is 112 Å². The average Bonchev–Trinajstić information content (AvgIpc) is 2.29. The first kappa shape index (κ1) is 12.9. The fourth-order valence-corrected chi connectivity index (χ4v) is 1.83. The predicted octanol–water partition coefficient (Wildman–Crippen LogP) is 3.19. The Morgan fingerprint density at radius 2 is 1.94 bits per heavy atom. The van der Waals surface area contributed by atoms with Gasteiger partial charge in [0.05, 0.1) is 21.4 Å². The van der Waals surface area contributed by atoms with Gasteiger partial charge in [-0.3, -0.25) is 0 Å². The lowest BCUT2D eigenvalue weighted by molar-refractivity contribution is 0.469. The van der Waals surface area contributed by atoms with E-state index in [1.54, 1.807) is 6.92 Å². The predicted molar refractivity (Wildman–Crippen MR) is 68.3 cm³/mol. The van der Waals surface area contributed by atoms with Crippen molar-refractivity contribution in [2.75, 3.05) is 5.73 Å². The lowest BCUT2D eigenvalue weighted by Gasteiger charge is -2.09. The Bertz CT molecular complexity index is 634. The molecule has 1 aromatic carbocycles. The molecule has 0 saturated heterocycles. The van der Waals surface area contributed by atoms with Crippen LogP contribution >= 0.6 is 23.2 Å². The van der Waals surface area contributed by atoms with E-state index in [9.17, 15) is 9.50 Å². The van der Waals surface area contributed by atoms with Crippen LogP contribution in [0.2, 0.25) is 10.0 Å². The maximum atomic E-state index is 13.8. The van der Waals surface area contributed by atoms with Crippen LogP contribution in [-0.4, -0.2) is 15.1 Å². The SMILES string of the molecule is Cc1nc(N)nc(-c2cc(Cl)c(O)cc2F)c1Cl. The van der Waals surface area contributed by atoms with E-state index < -0.39 is 5.82 Å². The molecule has 0 radical (unpaired) electrons. The molecule has 2 aromatic rings. The van der Waals surface area contributed by atoms with Gasteiger partial charge in [-0.2, -0.15) is 0 Å². The third-order valence-corrected chi connectivity index (χ3v) is 3.08. The Morgan fingerprint density at radius 1 is 1.28 bits per heavy atom.